The highest BCUT2D eigenvalue weighted by molar-refractivity contribution is 7.98. The van der Waals surface area contributed by atoms with Crippen LogP contribution in [0.3, 0.4) is 0 Å². The molecule has 2 rings (SSSR count). The number of aromatic carboxylic acids is 1. The van der Waals surface area contributed by atoms with Crippen LogP contribution in [0.5, 0.6) is 0 Å². The van der Waals surface area contributed by atoms with Crippen molar-refractivity contribution in [1.82, 2.24) is 9.59 Å². The van der Waals surface area contributed by atoms with E-state index < -0.39 is 5.97 Å². The molecule has 2 heterocycles. The summed E-state index contributed by atoms with van der Waals surface area (Å²) in [5, 5.41) is 14.4. The molecule has 0 amide bonds. The monoisotopic (exact) mass is 292 g/mol. The fraction of sp³-hybridized carbons (Fsp3) is 0.125. The highest BCUT2D eigenvalue weighted by Crippen LogP contribution is 2.30. The van der Waals surface area contributed by atoms with E-state index in [0.717, 1.165) is 22.1 Å². The molecule has 0 bridgehead atoms. The predicted octanol–water partition coefficient (Wildman–Crippen LogP) is 3.24. The summed E-state index contributed by atoms with van der Waals surface area (Å²) in [5.41, 5.74) is 0.736. The number of nitrogens with zero attached hydrogens (tertiary/aromatic N) is 2. The van der Waals surface area contributed by atoms with Crippen LogP contribution in [0.1, 0.15) is 15.4 Å². The van der Waals surface area contributed by atoms with Crippen molar-refractivity contribution in [2.75, 3.05) is 0 Å². The van der Waals surface area contributed by atoms with E-state index in [-0.39, 0.29) is 0 Å². The van der Waals surface area contributed by atoms with E-state index in [4.69, 9.17) is 16.7 Å². The molecule has 0 aliphatic carbocycles. The zero-order valence-corrected chi connectivity index (χ0v) is 10.9. The van der Waals surface area contributed by atoms with Crippen molar-refractivity contribution < 1.29 is 9.90 Å². The molecule has 4 nitrogen and oxygen atoms in total. The minimum Gasteiger partial charge on any atom is -0.477 e. The largest absolute Gasteiger partial charge is 0.477 e. The van der Waals surface area contributed by atoms with Crippen molar-refractivity contribution in [1.29, 1.82) is 0 Å². The summed E-state index contributed by atoms with van der Waals surface area (Å²) >= 11 is 9.71. The van der Waals surface area contributed by atoms with E-state index in [1.807, 2.05) is 5.38 Å². The Hall–Kier alpha value is -0.630. The number of carboxylic acid groups (broad SMARTS) is 1. The molecule has 2 aromatic rings. The number of halogens is 1. The molecule has 0 aromatic carbocycles. The van der Waals surface area contributed by atoms with Crippen LogP contribution in [0, 0.1) is 0 Å². The van der Waals surface area contributed by atoms with Gasteiger partial charge in [0.25, 0.3) is 0 Å². The van der Waals surface area contributed by atoms with Crippen molar-refractivity contribution in [2.45, 2.75) is 10.6 Å². The number of hydrogen-bond donors (Lipinski definition) is 1. The second-order valence-electron chi connectivity index (χ2n) is 2.73. The molecule has 0 radical (unpaired) electrons. The van der Waals surface area contributed by atoms with Crippen molar-refractivity contribution in [2.24, 2.45) is 0 Å². The number of thioether (sulfide) groups is 1. The van der Waals surface area contributed by atoms with Gasteiger partial charge >= 0.3 is 5.97 Å². The maximum atomic E-state index is 10.7. The maximum absolute atomic E-state index is 10.7. The van der Waals surface area contributed by atoms with Gasteiger partial charge in [0.05, 0.1) is 0 Å². The first-order chi connectivity index (χ1) is 7.66. The predicted molar refractivity (Wildman–Crippen MR) is 65.8 cm³/mol. The average molecular weight is 293 g/mol. The number of rotatable bonds is 4. The summed E-state index contributed by atoms with van der Waals surface area (Å²) in [4.78, 5) is 11.9. The van der Waals surface area contributed by atoms with Crippen LogP contribution in [0.2, 0.25) is 4.34 Å². The third kappa shape index (κ3) is 2.73. The highest BCUT2D eigenvalue weighted by Gasteiger charge is 2.09. The van der Waals surface area contributed by atoms with Crippen molar-refractivity contribution >= 4 is 52.2 Å². The summed E-state index contributed by atoms with van der Waals surface area (Å²) in [6, 6.07) is 1.64. The summed E-state index contributed by atoms with van der Waals surface area (Å²) in [6.45, 7) is 0. The minimum absolute atomic E-state index is 0.338. The van der Waals surface area contributed by atoms with Crippen molar-refractivity contribution in [3.63, 3.8) is 0 Å². The SMILES string of the molecule is O=C(O)c1cc(SCc2nnsc2Cl)cs1. The molecular weight excluding hydrogens is 288 g/mol. The van der Waals surface area contributed by atoms with Gasteiger partial charge in [-0.25, -0.2) is 4.79 Å². The van der Waals surface area contributed by atoms with E-state index in [2.05, 4.69) is 9.59 Å². The minimum atomic E-state index is -0.898. The van der Waals surface area contributed by atoms with Gasteiger partial charge in [0.2, 0.25) is 0 Å². The van der Waals surface area contributed by atoms with E-state index in [0.29, 0.717) is 15.0 Å². The van der Waals surface area contributed by atoms with E-state index >= 15 is 0 Å². The van der Waals surface area contributed by atoms with E-state index in [1.54, 1.807) is 6.07 Å². The van der Waals surface area contributed by atoms with Gasteiger partial charge in [0, 0.05) is 27.6 Å². The van der Waals surface area contributed by atoms with Gasteiger partial charge in [-0.1, -0.05) is 16.1 Å². The normalized spacial score (nSPS) is 10.6. The Morgan fingerprint density at radius 1 is 1.62 bits per heavy atom. The van der Waals surface area contributed by atoms with Gasteiger partial charge < -0.3 is 5.11 Å². The average Bonchev–Trinajstić information content (AvgIpc) is 2.83. The van der Waals surface area contributed by atoms with Crippen LogP contribution in [-0.2, 0) is 5.75 Å². The standard InChI is InChI=1S/C8H5ClN2O2S3/c9-7-5(10-11-16-7)3-14-4-1-6(8(12)13)15-2-4/h1-2H,3H2,(H,12,13). The topological polar surface area (TPSA) is 63.1 Å². The Bertz CT molecular complexity index is 511. The summed E-state index contributed by atoms with van der Waals surface area (Å²) in [6.07, 6.45) is 0. The molecule has 0 aliphatic rings. The first-order valence-electron chi connectivity index (χ1n) is 4.08. The summed E-state index contributed by atoms with van der Waals surface area (Å²) in [7, 11) is 0. The lowest BCUT2D eigenvalue weighted by atomic mass is 10.5. The van der Waals surface area contributed by atoms with Gasteiger partial charge in [-0.3, -0.25) is 0 Å². The van der Waals surface area contributed by atoms with Gasteiger partial charge in [-0.15, -0.1) is 28.2 Å². The number of carbonyl (C=O) groups is 1. The Morgan fingerprint density at radius 2 is 2.44 bits per heavy atom. The van der Waals surface area contributed by atoms with Gasteiger partial charge in [0.1, 0.15) is 14.9 Å². The molecule has 0 saturated heterocycles. The first kappa shape index (κ1) is 11.8. The summed E-state index contributed by atoms with van der Waals surface area (Å²) in [5.74, 6) is -0.296. The van der Waals surface area contributed by atoms with E-state index in [1.165, 1.54) is 23.1 Å². The Morgan fingerprint density at radius 3 is 3.00 bits per heavy atom. The van der Waals surface area contributed by atoms with Crippen LogP contribution in [0.15, 0.2) is 16.3 Å². The molecule has 0 unspecified atom stereocenters. The molecule has 8 heteroatoms. The summed E-state index contributed by atoms with van der Waals surface area (Å²) < 4.78 is 4.31. The number of hydrogen-bond acceptors (Lipinski definition) is 6. The molecular formula is C8H5ClN2O2S3. The molecule has 0 fully saturated rings. The molecule has 1 N–H and O–H groups in total. The fourth-order valence-corrected chi connectivity index (χ4v) is 3.54. The van der Waals surface area contributed by atoms with Crippen LogP contribution in [0.4, 0.5) is 0 Å². The van der Waals surface area contributed by atoms with Gasteiger partial charge in [0.15, 0.2) is 0 Å². The lowest BCUT2D eigenvalue weighted by Crippen LogP contribution is -1.89. The zero-order chi connectivity index (χ0) is 11.5. The third-order valence-electron chi connectivity index (χ3n) is 1.67. The highest BCUT2D eigenvalue weighted by atomic mass is 35.5. The smallest absolute Gasteiger partial charge is 0.345 e. The second kappa shape index (κ2) is 5.13. The fourth-order valence-electron chi connectivity index (χ4n) is 0.941. The Kier molecular flexibility index (Phi) is 3.80. The number of thiophene rings is 1. The van der Waals surface area contributed by atoms with Crippen LogP contribution in [-0.4, -0.2) is 20.7 Å². The van der Waals surface area contributed by atoms with E-state index in [9.17, 15) is 4.79 Å². The molecule has 2 aromatic heterocycles. The first-order valence-corrected chi connectivity index (χ1v) is 7.10. The number of aromatic nitrogens is 2. The molecule has 0 atom stereocenters. The quantitative estimate of drug-likeness (QED) is 0.877. The third-order valence-corrected chi connectivity index (χ3v) is 4.71. The second-order valence-corrected chi connectivity index (χ2v) is 6.05. The van der Waals surface area contributed by atoms with Crippen LogP contribution in [0.25, 0.3) is 0 Å². The maximum Gasteiger partial charge on any atom is 0.345 e. The number of carboxylic acids is 1. The molecule has 16 heavy (non-hydrogen) atoms. The molecule has 0 aliphatic heterocycles. The van der Waals surface area contributed by atoms with Gasteiger partial charge in [-0.2, -0.15) is 0 Å². The molecule has 0 saturated carbocycles. The van der Waals surface area contributed by atoms with Crippen LogP contribution >= 0.6 is 46.2 Å². The lowest BCUT2D eigenvalue weighted by Gasteiger charge is -1.94. The lowest BCUT2D eigenvalue weighted by molar-refractivity contribution is 0.0702. The van der Waals surface area contributed by atoms with Crippen molar-refractivity contribution in [3.8, 4) is 0 Å². The van der Waals surface area contributed by atoms with Crippen molar-refractivity contribution in [3.05, 3.63) is 26.4 Å². The zero-order valence-electron chi connectivity index (χ0n) is 7.71. The Labute approximate surface area is 108 Å². The Balaban J connectivity index is 2.00. The van der Waals surface area contributed by atoms with Gasteiger partial charge in [-0.05, 0) is 6.07 Å². The molecule has 84 valence electrons. The molecule has 0 spiro atoms. The van der Waals surface area contributed by atoms with Crippen LogP contribution < -0.4 is 0 Å².